The highest BCUT2D eigenvalue weighted by molar-refractivity contribution is 7.98. The molecule has 0 atom stereocenters. The maximum Gasteiger partial charge on any atom is 0.336 e. The van der Waals surface area contributed by atoms with Crippen molar-refractivity contribution in [2.45, 2.75) is 38.1 Å². The molecule has 0 aliphatic carbocycles. The number of benzene rings is 1. The minimum atomic E-state index is -0.363. The molecule has 144 valence electrons. The van der Waals surface area contributed by atoms with Crippen molar-refractivity contribution in [3.05, 3.63) is 66.6 Å². The Balaban J connectivity index is 1.75. The summed E-state index contributed by atoms with van der Waals surface area (Å²) in [6, 6.07) is 7.49. The van der Waals surface area contributed by atoms with E-state index in [0.717, 1.165) is 38.2 Å². The van der Waals surface area contributed by atoms with E-state index in [1.165, 1.54) is 17.8 Å². The van der Waals surface area contributed by atoms with Crippen LogP contribution in [0.2, 0.25) is 0 Å². The van der Waals surface area contributed by atoms with Gasteiger partial charge >= 0.3 is 5.63 Å². The summed E-state index contributed by atoms with van der Waals surface area (Å²) in [5, 5.41) is 2.26. The monoisotopic (exact) mass is 412 g/mol. The summed E-state index contributed by atoms with van der Waals surface area (Å²) < 4.78 is 6.97. The highest BCUT2D eigenvalue weighted by atomic mass is 32.2. The van der Waals surface area contributed by atoms with Crippen LogP contribution in [-0.2, 0) is 19.2 Å². The summed E-state index contributed by atoms with van der Waals surface area (Å²) in [4.78, 5) is 31.4. The van der Waals surface area contributed by atoms with Gasteiger partial charge in [-0.25, -0.2) is 9.78 Å². The molecule has 0 radical (unpaired) electrons. The van der Waals surface area contributed by atoms with E-state index in [-0.39, 0.29) is 11.2 Å². The molecule has 0 spiro atoms. The van der Waals surface area contributed by atoms with Crippen LogP contribution in [0.5, 0.6) is 0 Å². The van der Waals surface area contributed by atoms with Gasteiger partial charge in [0.05, 0.1) is 5.39 Å². The molecule has 28 heavy (non-hydrogen) atoms. The second-order valence-corrected chi connectivity index (χ2v) is 8.93. The summed E-state index contributed by atoms with van der Waals surface area (Å²) in [5.74, 6) is 0.530. The molecule has 5 nitrogen and oxygen atoms in total. The molecule has 3 aromatic heterocycles. The van der Waals surface area contributed by atoms with E-state index < -0.39 is 0 Å². The Morgan fingerprint density at radius 2 is 2.00 bits per heavy atom. The SMILES string of the molecule is CCc1ccc2c(CSc3nc4sc(C)c(C)c4c(=O)n3C)cc(=O)oc2c1. The molecule has 0 aliphatic heterocycles. The van der Waals surface area contributed by atoms with Gasteiger partial charge < -0.3 is 4.42 Å². The molecule has 0 N–H and O–H groups in total. The zero-order valence-corrected chi connectivity index (χ0v) is 17.8. The Bertz CT molecular complexity index is 1330. The van der Waals surface area contributed by atoms with Crippen molar-refractivity contribution in [3.8, 4) is 0 Å². The Morgan fingerprint density at radius 1 is 1.21 bits per heavy atom. The van der Waals surface area contributed by atoms with Gasteiger partial charge in [-0.1, -0.05) is 30.8 Å². The van der Waals surface area contributed by atoms with E-state index in [9.17, 15) is 9.59 Å². The number of thioether (sulfide) groups is 1. The van der Waals surface area contributed by atoms with Gasteiger partial charge in [0.1, 0.15) is 10.4 Å². The summed E-state index contributed by atoms with van der Waals surface area (Å²) >= 11 is 3.00. The van der Waals surface area contributed by atoms with Crippen LogP contribution in [-0.4, -0.2) is 9.55 Å². The van der Waals surface area contributed by atoms with Crippen molar-refractivity contribution < 1.29 is 4.42 Å². The minimum absolute atomic E-state index is 0.0284. The second kappa shape index (κ2) is 7.22. The molecule has 1 aromatic carbocycles. The van der Waals surface area contributed by atoms with Crippen LogP contribution in [0.4, 0.5) is 0 Å². The third-order valence-corrected chi connectivity index (χ3v) is 7.21. The Kier molecular flexibility index (Phi) is 4.89. The van der Waals surface area contributed by atoms with Crippen LogP contribution in [0.15, 0.2) is 43.4 Å². The van der Waals surface area contributed by atoms with Crippen LogP contribution in [0.1, 0.15) is 28.5 Å². The van der Waals surface area contributed by atoms with Crippen LogP contribution in [0, 0.1) is 13.8 Å². The highest BCUT2D eigenvalue weighted by Crippen LogP contribution is 2.30. The molecular formula is C21H20N2O3S2. The zero-order chi connectivity index (χ0) is 20.0. The van der Waals surface area contributed by atoms with Crippen LogP contribution in [0.25, 0.3) is 21.2 Å². The molecule has 0 unspecified atom stereocenters. The fourth-order valence-corrected chi connectivity index (χ4v) is 5.27. The first-order valence-electron chi connectivity index (χ1n) is 9.04. The van der Waals surface area contributed by atoms with E-state index in [0.29, 0.717) is 21.9 Å². The number of hydrogen-bond acceptors (Lipinski definition) is 6. The van der Waals surface area contributed by atoms with Gasteiger partial charge in [0, 0.05) is 29.1 Å². The number of fused-ring (bicyclic) bond motifs is 2. The maximum absolute atomic E-state index is 12.8. The fraction of sp³-hybridized carbons (Fsp3) is 0.286. The van der Waals surface area contributed by atoms with Gasteiger partial charge in [-0.05, 0) is 43.0 Å². The lowest BCUT2D eigenvalue weighted by Gasteiger charge is -2.09. The van der Waals surface area contributed by atoms with Crippen molar-refractivity contribution >= 4 is 44.3 Å². The average molecular weight is 413 g/mol. The van der Waals surface area contributed by atoms with Crippen molar-refractivity contribution in [3.63, 3.8) is 0 Å². The summed E-state index contributed by atoms with van der Waals surface area (Å²) in [5.41, 5.74) is 3.22. The summed E-state index contributed by atoms with van der Waals surface area (Å²) in [6.07, 6.45) is 0.879. The van der Waals surface area contributed by atoms with Gasteiger partial charge in [-0.3, -0.25) is 9.36 Å². The predicted octanol–water partition coefficient (Wildman–Crippen LogP) is 4.57. The first kappa shape index (κ1) is 19.0. The standard InChI is InChI=1S/C21H20N2O3S2/c1-5-13-6-7-15-14(9-17(24)26-16(15)8-13)10-27-21-22-19-18(20(25)23(21)4)11(2)12(3)28-19/h6-9H,5,10H2,1-4H3. The highest BCUT2D eigenvalue weighted by Gasteiger charge is 2.15. The lowest BCUT2D eigenvalue weighted by atomic mass is 10.1. The normalized spacial score (nSPS) is 11.6. The number of rotatable bonds is 4. The van der Waals surface area contributed by atoms with E-state index in [1.54, 1.807) is 23.0 Å². The van der Waals surface area contributed by atoms with Crippen molar-refractivity contribution in [2.75, 3.05) is 0 Å². The largest absolute Gasteiger partial charge is 0.423 e. The molecule has 3 heterocycles. The van der Waals surface area contributed by atoms with E-state index in [4.69, 9.17) is 9.40 Å². The van der Waals surface area contributed by atoms with E-state index in [2.05, 4.69) is 6.92 Å². The molecule has 0 amide bonds. The minimum Gasteiger partial charge on any atom is -0.423 e. The van der Waals surface area contributed by atoms with Gasteiger partial charge in [0.2, 0.25) is 0 Å². The van der Waals surface area contributed by atoms with Crippen molar-refractivity contribution in [1.29, 1.82) is 0 Å². The number of thiophene rings is 1. The average Bonchev–Trinajstić information content (AvgIpc) is 2.96. The zero-order valence-electron chi connectivity index (χ0n) is 16.2. The summed E-state index contributed by atoms with van der Waals surface area (Å²) in [7, 11) is 1.74. The fourth-order valence-electron chi connectivity index (χ4n) is 3.24. The molecule has 0 fully saturated rings. The van der Waals surface area contributed by atoms with Gasteiger partial charge in [-0.15, -0.1) is 11.3 Å². The summed E-state index contributed by atoms with van der Waals surface area (Å²) in [6.45, 7) is 6.03. The molecule has 4 rings (SSSR count). The van der Waals surface area contributed by atoms with Gasteiger partial charge in [0.15, 0.2) is 5.16 Å². The second-order valence-electron chi connectivity index (χ2n) is 6.79. The number of hydrogen-bond donors (Lipinski definition) is 0. The van der Waals surface area contributed by atoms with Gasteiger partial charge in [0.25, 0.3) is 5.56 Å². The lowest BCUT2D eigenvalue weighted by molar-refractivity contribution is 0.559. The third-order valence-electron chi connectivity index (χ3n) is 5.03. The smallest absolute Gasteiger partial charge is 0.336 e. The van der Waals surface area contributed by atoms with Crippen molar-refractivity contribution in [1.82, 2.24) is 9.55 Å². The van der Waals surface area contributed by atoms with Gasteiger partial charge in [-0.2, -0.15) is 0 Å². The maximum atomic E-state index is 12.8. The topological polar surface area (TPSA) is 65.1 Å². The quantitative estimate of drug-likeness (QED) is 0.279. The third kappa shape index (κ3) is 3.18. The number of aromatic nitrogens is 2. The molecule has 7 heteroatoms. The van der Waals surface area contributed by atoms with E-state index >= 15 is 0 Å². The first-order valence-corrected chi connectivity index (χ1v) is 10.8. The number of aryl methyl sites for hydroxylation is 3. The van der Waals surface area contributed by atoms with Crippen LogP contribution < -0.4 is 11.2 Å². The Morgan fingerprint density at radius 3 is 2.75 bits per heavy atom. The molecule has 0 bridgehead atoms. The van der Waals surface area contributed by atoms with E-state index in [1.807, 2.05) is 32.0 Å². The Labute approximate surface area is 170 Å². The molecule has 0 saturated heterocycles. The molecule has 0 saturated carbocycles. The van der Waals surface area contributed by atoms with Crippen molar-refractivity contribution in [2.24, 2.45) is 7.05 Å². The predicted molar refractivity (Wildman–Crippen MR) is 116 cm³/mol. The van der Waals surface area contributed by atoms with Crippen LogP contribution >= 0.6 is 23.1 Å². The molecule has 0 aliphatic rings. The molecular weight excluding hydrogens is 392 g/mol. The molecule has 4 aromatic rings. The van der Waals surface area contributed by atoms with Crippen LogP contribution in [0.3, 0.4) is 0 Å². The Hall–Kier alpha value is -2.38. The first-order chi connectivity index (χ1) is 13.4. The lowest BCUT2D eigenvalue weighted by Crippen LogP contribution is -2.19. The number of nitrogens with zero attached hydrogens (tertiary/aromatic N) is 2.